The molecule has 84 valence electrons. The average molecular weight is 222 g/mol. The van der Waals surface area contributed by atoms with Crippen LogP contribution in [0.1, 0.15) is 5.56 Å². The first-order valence-corrected chi connectivity index (χ1v) is 4.99. The Morgan fingerprint density at radius 1 is 1.00 bits per heavy atom. The zero-order valence-electron chi connectivity index (χ0n) is 8.61. The van der Waals surface area contributed by atoms with Crippen LogP contribution in [0.25, 0.3) is 0 Å². The lowest BCUT2D eigenvalue weighted by atomic mass is 10.1. The summed E-state index contributed by atoms with van der Waals surface area (Å²) in [5.41, 5.74) is 2.65. The van der Waals surface area contributed by atoms with Crippen molar-refractivity contribution >= 4 is 0 Å². The molecule has 1 aromatic heterocycles. The lowest BCUT2D eigenvalue weighted by molar-refractivity contribution is 0.00800. The van der Waals surface area contributed by atoms with E-state index >= 15 is 0 Å². The smallest absolute Gasteiger partial charge is 0.291 e. The lowest BCUT2D eigenvalue weighted by Crippen LogP contribution is -2.29. The van der Waals surface area contributed by atoms with Crippen molar-refractivity contribution < 1.29 is 8.78 Å². The molecule has 0 aliphatic rings. The summed E-state index contributed by atoms with van der Waals surface area (Å²) in [6.07, 6.45) is 3.36. The molecule has 16 heavy (non-hydrogen) atoms. The second-order valence-corrected chi connectivity index (χ2v) is 3.50. The zero-order chi connectivity index (χ0) is 11.4. The summed E-state index contributed by atoms with van der Waals surface area (Å²) < 4.78 is 28.9. The van der Waals surface area contributed by atoms with Gasteiger partial charge in [-0.15, -0.1) is 0 Å². The van der Waals surface area contributed by atoms with Crippen LogP contribution in [0.3, 0.4) is 0 Å². The third-order valence-corrected chi connectivity index (χ3v) is 2.28. The number of nitrogens with zero attached hydrogens (tertiary/aromatic N) is 1. The van der Waals surface area contributed by atoms with Gasteiger partial charge in [0, 0.05) is 18.0 Å². The molecule has 4 heteroatoms. The minimum Gasteiger partial charge on any atom is -0.320 e. The standard InChI is InChI=1S/C12H12F2N2/c13-12(14,11-6-2-1-3-7-11)10-15-16-8-4-5-9-16/h1-9,15H,10H2. The Hall–Kier alpha value is -1.84. The molecule has 0 amide bonds. The number of alkyl halides is 2. The Morgan fingerprint density at radius 3 is 2.25 bits per heavy atom. The fourth-order valence-corrected chi connectivity index (χ4v) is 1.41. The summed E-state index contributed by atoms with van der Waals surface area (Å²) in [5.74, 6) is -2.87. The van der Waals surface area contributed by atoms with E-state index in [1.165, 1.54) is 16.8 Å². The van der Waals surface area contributed by atoms with Gasteiger partial charge in [0.05, 0.1) is 6.54 Å². The van der Waals surface area contributed by atoms with Gasteiger partial charge in [0.15, 0.2) is 0 Å². The molecule has 1 heterocycles. The molecule has 2 rings (SSSR count). The van der Waals surface area contributed by atoms with Crippen molar-refractivity contribution in [1.82, 2.24) is 4.68 Å². The van der Waals surface area contributed by atoms with Crippen LogP contribution in [-0.4, -0.2) is 11.2 Å². The number of nitrogens with one attached hydrogen (secondary N) is 1. The number of halogens is 2. The highest BCUT2D eigenvalue weighted by Crippen LogP contribution is 2.26. The first kappa shape index (κ1) is 10.7. The fourth-order valence-electron chi connectivity index (χ4n) is 1.41. The van der Waals surface area contributed by atoms with Gasteiger partial charge in [-0.3, -0.25) is 4.68 Å². The van der Waals surface area contributed by atoms with E-state index < -0.39 is 12.5 Å². The van der Waals surface area contributed by atoms with E-state index in [4.69, 9.17) is 0 Å². The van der Waals surface area contributed by atoms with Crippen molar-refractivity contribution in [2.24, 2.45) is 0 Å². The van der Waals surface area contributed by atoms with Gasteiger partial charge in [0.25, 0.3) is 5.92 Å². The molecule has 0 fully saturated rings. The van der Waals surface area contributed by atoms with E-state index in [9.17, 15) is 8.78 Å². The van der Waals surface area contributed by atoms with Gasteiger partial charge >= 0.3 is 0 Å². The first-order chi connectivity index (χ1) is 7.68. The number of hydrogen-bond acceptors (Lipinski definition) is 1. The molecule has 2 nitrogen and oxygen atoms in total. The van der Waals surface area contributed by atoms with Crippen molar-refractivity contribution in [3.63, 3.8) is 0 Å². The van der Waals surface area contributed by atoms with Crippen molar-refractivity contribution in [3.8, 4) is 0 Å². The third kappa shape index (κ3) is 2.39. The zero-order valence-corrected chi connectivity index (χ0v) is 8.61. The predicted octanol–water partition coefficient (Wildman–Crippen LogP) is 2.82. The maximum absolute atomic E-state index is 13.7. The minimum absolute atomic E-state index is 0.0228. The summed E-state index contributed by atoms with van der Waals surface area (Å²) in [6, 6.07) is 11.3. The third-order valence-electron chi connectivity index (χ3n) is 2.28. The van der Waals surface area contributed by atoms with Crippen molar-refractivity contribution in [1.29, 1.82) is 0 Å². The molecule has 0 aliphatic carbocycles. The van der Waals surface area contributed by atoms with E-state index in [2.05, 4.69) is 5.43 Å². The normalized spacial score (nSPS) is 11.4. The fraction of sp³-hybridized carbons (Fsp3) is 0.167. The maximum atomic E-state index is 13.7. The van der Waals surface area contributed by atoms with Crippen LogP contribution in [0.4, 0.5) is 8.78 Å². The molecule has 1 N–H and O–H groups in total. The highest BCUT2D eigenvalue weighted by Gasteiger charge is 2.30. The van der Waals surface area contributed by atoms with Crippen LogP contribution in [-0.2, 0) is 5.92 Å². The molecular formula is C12H12F2N2. The molecule has 0 saturated carbocycles. The number of rotatable bonds is 4. The van der Waals surface area contributed by atoms with Crippen LogP contribution in [0.2, 0.25) is 0 Å². The van der Waals surface area contributed by atoms with Gasteiger partial charge < -0.3 is 5.43 Å². The van der Waals surface area contributed by atoms with Gasteiger partial charge in [-0.2, -0.15) is 8.78 Å². The molecule has 0 atom stereocenters. The van der Waals surface area contributed by atoms with Crippen molar-refractivity contribution in [2.45, 2.75) is 5.92 Å². The second kappa shape index (κ2) is 4.35. The lowest BCUT2D eigenvalue weighted by Gasteiger charge is -2.18. The summed E-state index contributed by atoms with van der Waals surface area (Å²) in [6.45, 7) is -0.425. The Kier molecular flexibility index (Phi) is 2.90. The quantitative estimate of drug-likeness (QED) is 0.841. The van der Waals surface area contributed by atoms with Gasteiger partial charge in [-0.1, -0.05) is 30.3 Å². The SMILES string of the molecule is FC(F)(CNn1cccc1)c1ccccc1. The Morgan fingerprint density at radius 2 is 1.62 bits per heavy atom. The van der Waals surface area contributed by atoms with E-state index in [0.717, 1.165) is 0 Å². The van der Waals surface area contributed by atoms with Gasteiger partial charge in [0.1, 0.15) is 0 Å². The topological polar surface area (TPSA) is 17.0 Å². The molecule has 0 spiro atoms. The monoisotopic (exact) mass is 222 g/mol. The molecule has 0 radical (unpaired) electrons. The Balaban J connectivity index is 2.03. The van der Waals surface area contributed by atoms with Crippen molar-refractivity contribution in [2.75, 3.05) is 12.0 Å². The highest BCUT2D eigenvalue weighted by atomic mass is 19.3. The maximum Gasteiger partial charge on any atom is 0.291 e. The summed E-state index contributed by atoms with van der Waals surface area (Å²) in [7, 11) is 0. The molecule has 0 bridgehead atoms. The molecular weight excluding hydrogens is 210 g/mol. The van der Waals surface area contributed by atoms with E-state index in [-0.39, 0.29) is 5.56 Å². The van der Waals surface area contributed by atoms with Crippen molar-refractivity contribution in [3.05, 3.63) is 60.4 Å². The Bertz CT molecular complexity index is 424. The summed E-state index contributed by atoms with van der Waals surface area (Å²) in [5, 5.41) is 0. The number of hydrogen-bond donors (Lipinski definition) is 1. The summed E-state index contributed by atoms with van der Waals surface area (Å²) in [4.78, 5) is 0. The highest BCUT2D eigenvalue weighted by molar-refractivity contribution is 5.21. The summed E-state index contributed by atoms with van der Waals surface area (Å²) >= 11 is 0. The first-order valence-electron chi connectivity index (χ1n) is 4.99. The number of aromatic nitrogens is 1. The predicted molar refractivity (Wildman–Crippen MR) is 59.0 cm³/mol. The number of benzene rings is 1. The molecule has 0 unspecified atom stereocenters. The molecule has 0 saturated heterocycles. The van der Waals surface area contributed by atoms with Gasteiger partial charge in [0.2, 0.25) is 0 Å². The average Bonchev–Trinajstić information content (AvgIpc) is 2.81. The molecule has 2 aromatic rings. The largest absolute Gasteiger partial charge is 0.320 e. The van der Waals surface area contributed by atoms with Crippen LogP contribution < -0.4 is 5.43 Å². The minimum atomic E-state index is -2.87. The molecule has 1 aromatic carbocycles. The Labute approximate surface area is 92.5 Å². The van der Waals surface area contributed by atoms with E-state index in [1.54, 1.807) is 42.7 Å². The second-order valence-electron chi connectivity index (χ2n) is 3.50. The van der Waals surface area contributed by atoms with Crippen LogP contribution in [0.15, 0.2) is 54.9 Å². The van der Waals surface area contributed by atoms with Crippen LogP contribution in [0, 0.1) is 0 Å². The van der Waals surface area contributed by atoms with Crippen LogP contribution >= 0.6 is 0 Å². The van der Waals surface area contributed by atoms with Gasteiger partial charge in [-0.25, -0.2) is 0 Å². The van der Waals surface area contributed by atoms with E-state index in [0.29, 0.717) is 0 Å². The van der Waals surface area contributed by atoms with E-state index in [1.807, 2.05) is 0 Å². The van der Waals surface area contributed by atoms with Crippen LogP contribution in [0.5, 0.6) is 0 Å². The van der Waals surface area contributed by atoms with Gasteiger partial charge in [-0.05, 0) is 12.1 Å². The molecule has 0 aliphatic heterocycles.